The van der Waals surface area contributed by atoms with Crippen LogP contribution >= 0.6 is 11.6 Å². The normalized spacial score (nSPS) is 16.6. The van der Waals surface area contributed by atoms with Gasteiger partial charge in [-0.3, -0.25) is 4.79 Å². The first kappa shape index (κ1) is 14.5. The summed E-state index contributed by atoms with van der Waals surface area (Å²) in [7, 11) is 0. The van der Waals surface area contributed by atoms with E-state index in [1.54, 1.807) is 24.3 Å². The van der Waals surface area contributed by atoms with Gasteiger partial charge in [0.25, 0.3) is 5.91 Å². The fourth-order valence-electron chi connectivity index (χ4n) is 2.27. The maximum absolute atomic E-state index is 13.3. The predicted octanol–water partition coefficient (Wildman–Crippen LogP) is 3.20. The number of rotatable bonds is 2. The van der Waals surface area contributed by atoms with Crippen molar-refractivity contribution in [1.29, 1.82) is 0 Å². The third-order valence-corrected chi connectivity index (χ3v) is 3.60. The van der Waals surface area contributed by atoms with Crippen molar-refractivity contribution in [2.75, 3.05) is 5.32 Å². The molecule has 1 heterocycles. The van der Waals surface area contributed by atoms with E-state index in [0.717, 1.165) is 0 Å². The van der Waals surface area contributed by atoms with Gasteiger partial charge in [-0.25, -0.2) is 9.18 Å². The van der Waals surface area contributed by atoms with Crippen molar-refractivity contribution >= 4 is 29.2 Å². The zero-order valence-electron chi connectivity index (χ0n) is 11.3. The van der Waals surface area contributed by atoms with Crippen LogP contribution in [0.5, 0.6) is 0 Å². The molecule has 0 saturated heterocycles. The molecule has 1 unspecified atom stereocenters. The number of carbonyl (C=O) groups is 2. The molecule has 1 aliphatic heterocycles. The number of hydrogen-bond donors (Lipinski definition) is 1. The lowest BCUT2D eigenvalue weighted by molar-refractivity contribution is -0.125. The topological polar surface area (TPSA) is 55.4 Å². The molecule has 112 valence electrons. The first-order chi connectivity index (χ1) is 10.5. The van der Waals surface area contributed by atoms with Gasteiger partial charge in [0.2, 0.25) is 0 Å². The molecule has 0 aromatic heterocycles. The van der Waals surface area contributed by atoms with Gasteiger partial charge in [0.15, 0.2) is 6.10 Å². The minimum Gasteiger partial charge on any atom is -0.448 e. The van der Waals surface area contributed by atoms with Gasteiger partial charge in [0, 0.05) is 17.1 Å². The van der Waals surface area contributed by atoms with E-state index < -0.39 is 23.8 Å². The van der Waals surface area contributed by atoms with Crippen molar-refractivity contribution in [1.82, 2.24) is 0 Å². The molecule has 0 fully saturated rings. The Morgan fingerprint density at radius 2 is 1.95 bits per heavy atom. The van der Waals surface area contributed by atoms with Crippen LogP contribution in [0.4, 0.5) is 10.1 Å². The molecule has 0 radical (unpaired) electrons. The molecule has 1 amide bonds. The maximum atomic E-state index is 13.3. The molecule has 4 nitrogen and oxygen atoms in total. The Hall–Kier alpha value is -2.40. The van der Waals surface area contributed by atoms with Crippen LogP contribution in [0.3, 0.4) is 0 Å². The highest BCUT2D eigenvalue weighted by Gasteiger charge is 2.31. The van der Waals surface area contributed by atoms with Gasteiger partial charge in [-0.1, -0.05) is 11.6 Å². The SMILES string of the molecule is O=C1OC(C(=O)Nc2ccc(Cl)cc2)Cc2cc(F)ccc21. The van der Waals surface area contributed by atoms with Gasteiger partial charge >= 0.3 is 5.97 Å². The van der Waals surface area contributed by atoms with E-state index in [-0.39, 0.29) is 12.0 Å². The molecule has 0 saturated carbocycles. The number of hydrogen-bond acceptors (Lipinski definition) is 3. The highest BCUT2D eigenvalue weighted by Crippen LogP contribution is 2.23. The first-order valence-corrected chi connectivity index (χ1v) is 6.96. The lowest BCUT2D eigenvalue weighted by Crippen LogP contribution is -2.38. The van der Waals surface area contributed by atoms with Crippen molar-refractivity contribution < 1.29 is 18.7 Å². The predicted molar refractivity (Wildman–Crippen MR) is 79.4 cm³/mol. The Kier molecular flexibility index (Phi) is 3.81. The summed E-state index contributed by atoms with van der Waals surface area (Å²) in [5, 5.41) is 3.18. The van der Waals surface area contributed by atoms with Gasteiger partial charge in [-0.2, -0.15) is 0 Å². The van der Waals surface area contributed by atoms with E-state index in [1.165, 1.54) is 18.2 Å². The molecule has 0 spiro atoms. The number of nitrogens with one attached hydrogen (secondary N) is 1. The van der Waals surface area contributed by atoms with E-state index in [2.05, 4.69) is 5.32 Å². The van der Waals surface area contributed by atoms with Gasteiger partial charge in [-0.15, -0.1) is 0 Å². The molecule has 2 aromatic carbocycles. The van der Waals surface area contributed by atoms with Crippen LogP contribution in [-0.2, 0) is 16.0 Å². The number of benzene rings is 2. The number of esters is 1. The number of cyclic esters (lactones) is 1. The monoisotopic (exact) mass is 319 g/mol. The summed E-state index contributed by atoms with van der Waals surface area (Å²) in [6.45, 7) is 0. The Morgan fingerprint density at radius 3 is 2.68 bits per heavy atom. The average molecular weight is 320 g/mol. The number of carbonyl (C=O) groups excluding carboxylic acids is 2. The Bertz CT molecular complexity index is 746. The number of halogens is 2. The van der Waals surface area contributed by atoms with Crippen LogP contribution in [0.15, 0.2) is 42.5 Å². The van der Waals surface area contributed by atoms with E-state index in [4.69, 9.17) is 16.3 Å². The summed E-state index contributed by atoms with van der Waals surface area (Å²) in [4.78, 5) is 24.0. The number of fused-ring (bicyclic) bond motifs is 1. The number of ether oxygens (including phenoxy) is 1. The summed E-state index contributed by atoms with van der Waals surface area (Å²) in [5.41, 5.74) is 1.29. The largest absolute Gasteiger partial charge is 0.448 e. The second-order valence-electron chi connectivity index (χ2n) is 4.90. The fourth-order valence-corrected chi connectivity index (χ4v) is 2.39. The fraction of sp³-hybridized carbons (Fsp3) is 0.125. The molecular formula is C16H11ClFNO3. The van der Waals surface area contributed by atoms with E-state index in [0.29, 0.717) is 16.3 Å². The minimum absolute atomic E-state index is 0.137. The van der Waals surface area contributed by atoms with Crippen molar-refractivity contribution in [2.45, 2.75) is 12.5 Å². The molecular weight excluding hydrogens is 309 g/mol. The third kappa shape index (κ3) is 2.94. The summed E-state index contributed by atoms with van der Waals surface area (Å²) in [6, 6.07) is 10.3. The summed E-state index contributed by atoms with van der Waals surface area (Å²) in [5.74, 6) is -1.55. The standard InChI is InChI=1S/C16H11ClFNO3/c17-10-1-4-12(5-2-10)19-15(20)14-8-9-7-11(18)3-6-13(9)16(21)22-14/h1-7,14H,8H2,(H,19,20). The average Bonchev–Trinajstić information content (AvgIpc) is 2.49. The summed E-state index contributed by atoms with van der Waals surface area (Å²) < 4.78 is 18.4. The molecule has 1 aliphatic rings. The Morgan fingerprint density at radius 1 is 1.23 bits per heavy atom. The summed E-state index contributed by atoms with van der Waals surface area (Å²) in [6.07, 6.45) is -0.851. The third-order valence-electron chi connectivity index (χ3n) is 3.35. The molecule has 3 rings (SSSR count). The zero-order chi connectivity index (χ0) is 15.7. The van der Waals surface area contributed by atoms with Crippen LogP contribution in [0.2, 0.25) is 5.02 Å². The van der Waals surface area contributed by atoms with Crippen molar-refractivity contribution in [3.8, 4) is 0 Å². The van der Waals surface area contributed by atoms with Crippen LogP contribution < -0.4 is 5.32 Å². The quantitative estimate of drug-likeness (QED) is 0.865. The molecule has 22 heavy (non-hydrogen) atoms. The summed E-state index contributed by atoms with van der Waals surface area (Å²) >= 11 is 5.77. The first-order valence-electron chi connectivity index (χ1n) is 6.59. The highest BCUT2D eigenvalue weighted by atomic mass is 35.5. The van der Waals surface area contributed by atoms with Crippen LogP contribution in [0.25, 0.3) is 0 Å². The lowest BCUT2D eigenvalue weighted by Gasteiger charge is -2.23. The molecule has 0 bridgehead atoms. The van der Waals surface area contributed by atoms with E-state index >= 15 is 0 Å². The minimum atomic E-state index is -0.988. The Labute approximate surface area is 130 Å². The number of amides is 1. The second kappa shape index (κ2) is 5.77. The Balaban J connectivity index is 1.77. The molecule has 1 atom stereocenters. The van der Waals surface area contributed by atoms with Crippen molar-refractivity contribution in [2.24, 2.45) is 0 Å². The van der Waals surface area contributed by atoms with Gasteiger partial charge in [0.1, 0.15) is 5.82 Å². The molecule has 0 aliphatic carbocycles. The van der Waals surface area contributed by atoms with Crippen molar-refractivity contribution in [3.05, 3.63) is 64.4 Å². The van der Waals surface area contributed by atoms with Gasteiger partial charge < -0.3 is 10.1 Å². The number of anilines is 1. The van der Waals surface area contributed by atoms with Crippen LogP contribution in [0, 0.1) is 5.82 Å². The smallest absolute Gasteiger partial charge is 0.339 e. The highest BCUT2D eigenvalue weighted by molar-refractivity contribution is 6.30. The van der Waals surface area contributed by atoms with Gasteiger partial charge in [0.05, 0.1) is 5.56 Å². The van der Waals surface area contributed by atoms with Crippen LogP contribution in [-0.4, -0.2) is 18.0 Å². The lowest BCUT2D eigenvalue weighted by atomic mass is 9.98. The van der Waals surface area contributed by atoms with Crippen molar-refractivity contribution in [3.63, 3.8) is 0 Å². The molecule has 2 aromatic rings. The molecule has 6 heteroatoms. The van der Waals surface area contributed by atoms with E-state index in [1.807, 2.05) is 0 Å². The van der Waals surface area contributed by atoms with Crippen LogP contribution in [0.1, 0.15) is 15.9 Å². The zero-order valence-corrected chi connectivity index (χ0v) is 12.1. The maximum Gasteiger partial charge on any atom is 0.339 e. The van der Waals surface area contributed by atoms with E-state index in [9.17, 15) is 14.0 Å². The molecule has 1 N–H and O–H groups in total. The second-order valence-corrected chi connectivity index (χ2v) is 5.33. The van der Waals surface area contributed by atoms with Gasteiger partial charge in [-0.05, 0) is 48.0 Å².